The summed E-state index contributed by atoms with van der Waals surface area (Å²) in [6.07, 6.45) is 0.316. The van der Waals surface area contributed by atoms with Crippen LogP contribution in [0.25, 0.3) is 0 Å². The number of carbonyl (C=O) groups excluding carboxylic acids is 1. The number of nitrogens with zero attached hydrogens (tertiary/aromatic N) is 1. The van der Waals surface area contributed by atoms with Crippen molar-refractivity contribution in [3.8, 4) is 0 Å². The number of aryl methyl sites for hydroxylation is 1. The van der Waals surface area contributed by atoms with Gasteiger partial charge in [0.15, 0.2) is 0 Å². The summed E-state index contributed by atoms with van der Waals surface area (Å²) in [7, 11) is -3.51. The molecule has 2 aromatic carbocycles. The molecule has 3 rings (SSSR count). The Kier molecular flexibility index (Phi) is 4.32. The fourth-order valence-corrected chi connectivity index (χ4v) is 4.28. The molecule has 24 heavy (non-hydrogen) atoms. The zero-order valence-electron chi connectivity index (χ0n) is 13.7. The zero-order valence-corrected chi connectivity index (χ0v) is 14.6. The molecule has 0 spiro atoms. The molecular formula is C18H20N2O3S. The maximum absolute atomic E-state index is 12.4. The number of nitrogens with one attached hydrogen (secondary N) is 1. The first-order valence-electron chi connectivity index (χ1n) is 7.88. The third-order valence-corrected chi connectivity index (χ3v) is 5.45. The smallest absolute Gasteiger partial charge is 0.236 e. The second-order valence-corrected chi connectivity index (χ2v) is 7.67. The third-order valence-electron chi connectivity index (χ3n) is 4.21. The number of hydrogen-bond donors (Lipinski definition) is 1. The lowest BCUT2D eigenvalue weighted by atomic mass is 10.1. The minimum atomic E-state index is -3.51. The topological polar surface area (TPSA) is 66.5 Å². The van der Waals surface area contributed by atoms with E-state index in [1.54, 1.807) is 23.1 Å². The standard InChI is InChI=1S/C18H20N2O3S/c1-3-20-17-9-8-16(10-15(17)11-18(20)21)19-24(22,23)12-14-7-5-4-6-13(14)2/h4-10,19H,3,11-12H2,1-2H3. The largest absolute Gasteiger partial charge is 0.312 e. The quantitative estimate of drug-likeness (QED) is 0.907. The molecule has 1 heterocycles. The van der Waals surface area contributed by atoms with Crippen LogP contribution in [0.15, 0.2) is 42.5 Å². The van der Waals surface area contributed by atoms with Gasteiger partial charge in [-0.15, -0.1) is 0 Å². The van der Waals surface area contributed by atoms with Crippen molar-refractivity contribution in [3.05, 3.63) is 59.2 Å². The van der Waals surface area contributed by atoms with Crippen LogP contribution in [0.1, 0.15) is 23.6 Å². The van der Waals surface area contributed by atoms with Crippen LogP contribution in [0.3, 0.4) is 0 Å². The fourth-order valence-electron chi connectivity index (χ4n) is 2.99. The monoisotopic (exact) mass is 344 g/mol. The SMILES string of the molecule is CCN1C(=O)Cc2cc(NS(=O)(=O)Cc3ccccc3C)ccc21. The van der Waals surface area contributed by atoms with E-state index in [0.717, 1.165) is 22.4 Å². The number of likely N-dealkylation sites (N-methyl/N-ethyl adjacent to an activating group) is 1. The first kappa shape index (κ1) is 16.5. The van der Waals surface area contributed by atoms with Crippen molar-refractivity contribution in [2.24, 2.45) is 0 Å². The van der Waals surface area contributed by atoms with E-state index < -0.39 is 10.0 Å². The van der Waals surface area contributed by atoms with Crippen molar-refractivity contribution in [1.29, 1.82) is 0 Å². The van der Waals surface area contributed by atoms with Crippen molar-refractivity contribution in [2.45, 2.75) is 26.0 Å². The molecule has 0 saturated carbocycles. The molecule has 126 valence electrons. The van der Waals surface area contributed by atoms with Crippen molar-refractivity contribution < 1.29 is 13.2 Å². The van der Waals surface area contributed by atoms with E-state index in [9.17, 15) is 13.2 Å². The van der Waals surface area contributed by atoms with Crippen molar-refractivity contribution in [2.75, 3.05) is 16.2 Å². The molecule has 1 aliphatic heterocycles. The van der Waals surface area contributed by atoms with Gasteiger partial charge >= 0.3 is 0 Å². The zero-order chi connectivity index (χ0) is 17.3. The number of anilines is 2. The van der Waals surface area contributed by atoms with Gasteiger partial charge in [0.25, 0.3) is 0 Å². The molecule has 0 aromatic heterocycles. The molecule has 0 bridgehead atoms. The summed E-state index contributed by atoms with van der Waals surface area (Å²) < 4.78 is 27.5. The van der Waals surface area contributed by atoms with Crippen LogP contribution in [-0.4, -0.2) is 20.9 Å². The van der Waals surface area contributed by atoms with Gasteiger partial charge in [-0.2, -0.15) is 0 Å². The average molecular weight is 344 g/mol. The fraction of sp³-hybridized carbons (Fsp3) is 0.278. The summed E-state index contributed by atoms with van der Waals surface area (Å²) in [5.74, 6) is -0.0241. The molecule has 1 N–H and O–H groups in total. The van der Waals surface area contributed by atoms with Crippen LogP contribution in [0.5, 0.6) is 0 Å². The molecule has 1 aliphatic rings. The van der Waals surface area contributed by atoms with E-state index in [1.807, 2.05) is 38.1 Å². The van der Waals surface area contributed by atoms with Gasteiger partial charge in [-0.05, 0) is 48.7 Å². The van der Waals surface area contributed by atoms with E-state index in [-0.39, 0.29) is 11.7 Å². The highest BCUT2D eigenvalue weighted by Crippen LogP contribution is 2.31. The van der Waals surface area contributed by atoms with Gasteiger partial charge < -0.3 is 4.90 Å². The van der Waals surface area contributed by atoms with E-state index in [0.29, 0.717) is 18.7 Å². The first-order chi connectivity index (χ1) is 11.4. The van der Waals surface area contributed by atoms with Gasteiger partial charge in [0.1, 0.15) is 0 Å². The molecule has 0 saturated heterocycles. The second kappa shape index (κ2) is 6.28. The number of carbonyl (C=O) groups is 1. The highest BCUT2D eigenvalue weighted by Gasteiger charge is 2.26. The van der Waals surface area contributed by atoms with Crippen LogP contribution >= 0.6 is 0 Å². The summed E-state index contributed by atoms with van der Waals surface area (Å²) in [5.41, 5.74) is 3.94. The predicted molar refractivity (Wildman–Crippen MR) is 95.6 cm³/mol. The highest BCUT2D eigenvalue weighted by molar-refractivity contribution is 7.91. The number of amides is 1. The molecule has 0 radical (unpaired) electrons. The number of hydrogen-bond acceptors (Lipinski definition) is 3. The van der Waals surface area contributed by atoms with E-state index in [4.69, 9.17) is 0 Å². The molecule has 2 aromatic rings. The lowest BCUT2D eigenvalue weighted by Crippen LogP contribution is -2.25. The average Bonchev–Trinajstić information content (AvgIpc) is 2.83. The molecule has 1 amide bonds. The molecule has 5 nitrogen and oxygen atoms in total. The maximum Gasteiger partial charge on any atom is 0.236 e. The van der Waals surface area contributed by atoms with E-state index in [2.05, 4.69) is 4.72 Å². The van der Waals surface area contributed by atoms with Crippen LogP contribution in [0, 0.1) is 6.92 Å². The normalized spacial score (nSPS) is 13.9. The summed E-state index contributed by atoms with van der Waals surface area (Å²) in [4.78, 5) is 13.6. The second-order valence-electron chi connectivity index (χ2n) is 5.95. The Morgan fingerprint density at radius 2 is 1.92 bits per heavy atom. The lowest BCUT2D eigenvalue weighted by Gasteiger charge is -2.15. The van der Waals surface area contributed by atoms with Gasteiger partial charge in [0.2, 0.25) is 15.9 Å². The van der Waals surface area contributed by atoms with E-state index in [1.165, 1.54) is 0 Å². The van der Waals surface area contributed by atoms with Crippen molar-refractivity contribution in [1.82, 2.24) is 0 Å². The summed E-state index contributed by atoms with van der Waals surface area (Å²) >= 11 is 0. The highest BCUT2D eigenvalue weighted by atomic mass is 32.2. The minimum Gasteiger partial charge on any atom is -0.312 e. The Morgan fingerprint density at radius 1 is 1.17 bits per heavy atom. The first-order valence-corrected chi connectivity index (χ1v) is 9.53. The summed E-state index contributed by atoms with van der Waals surface area (Å²) in [6.45, 7) is 4.43. The molecule has 0 fully saturated rings. The number of fused-ring (bicyclic) bond motifs is 1. The van der Waals surface area contributed by atoms with Gasteiger partial charge in [0, 0.05) is 17.9 Å². The molecule has 0 atom stereocenters. The summed E-state index contributed by atoms with van der Waals surface area (Å²) in [5, 5.41) is 0. The molecule has 6 heteroatoms. The van der Waals surface area contributed by atoms with Crippen LogP contribution in [-0.2, 0) is 27.0 Å². The third kappa shape index (κ3) is 3.28. The number of sulfonamides is 1. The minimum absolute atomic E-state index is 0.0485. The Labute approximate surface area is 142 Å². The molecule has 0 aliphatic carbocycles. The van der Waals surface area contributed by atoms with Crippen LogP contribution in [0.4, 0.5) is 11.4 Å². The Bertz CT molecular complexity index is 891. The Morgan fingerprint density at radius 3 is 2.62 bits per heavy atom. The van der Waals surface area contributed by atoms with Gasteiger partial charge in [0.05, 0.1) is 12.2 Å². The van der Waals surface area contributed by atoms with Crippen molar-refractivity contribution in [3.63, 3.8) is 0 Å². The predicted octanol–water partition coefficient (Wildman–Crippen LogP) is 2.85. The molecule has 0 unspecified atom stereocenters. The molecular weight excluding hydrogens is 324 g/mol. The Hall–Kier alpha value is -2.34. The number of benzene rings is 2. The van der Waals surface area contributed by atoms with E-state index >= 15 is 0 Å². The van der Waals surface area contributed by atoms with Gasteiger partial charge in [-0.1, -0.05) is 24.3 Å². The summed E-state index contributed by atoms with van der Waals surface area (Å²) in [6, 6.07) is 12.7. The van der Waals surface area contributed by atoms with Crippen LogP contribution in [0.2, 0.25) is 0 Å². The Balaban J connectivity index is 1.80. The lowest BCUT2D eigenvalue weighted by molar-refractivity contribution is -0.117. The van der Waals surface area contributed by atoms with Gasteiger partial charge in [-0.3, -0.25) is 9.52 Å². The maximum atomic E-state index is 12.4. The van der Waals surface area contributed by atoms with Gasteiger partial charge in [-0.25, -0.2) is 8.42 Å². The van der Waals surface area contributed by atoms with Crippen LogP contribution < -0.4 is 9.62 Å². The van der Waals surface area contributed by atoms with Crippen molar-refractivity contribution >= 4 is 27.3 Å². The number of rotatable bonds is 5.